The van der Waals surface area contributed by atoms with Gasteiger partial charge in [0.15, 0.2) is 0 Å². The first-order valence-electron chi connectivity index (χ1n) is 8.69. The Morgan fingerprint density at radius 1 is 1.04 bits per heavy atom. The minimum atomic E-state index is -0.00835. The van der Waals surface area contributed by atoms with Crippen molar-refractivity contribution in [3.63, 3.8) is 0 Å². The molecule has 0 heterocycles. The molecule has 0 aliphatic heterocycles. The third-order valence-corrected chi connectivity index (χ3v) is 4.03. The molecule has 0 bridgehead atoms. The normalized spacial score (nSPS) is 10.2. The number of ether oxygens (including phenoxy) is 1. The molecule has 1 amide bonds. The van der Waals surface area contributed by atoms with E-state index in [-0.39, 0.29) is 5.91 Å². The van der Waals surface area contributed by atoms with Crippen LogP contribution in [-0.2, 0) is 4.79 Å². The molecule has 2 aromatic rings. The molecule has 0 aromatic heterocycles. The zero-order valence-electron chi connectivity index (χ0n) is 15.2. The monoisotopic (exact) mass is 341 g/mol. The van der Waals surface area contributed by atoms with Crippen molar-refractivity contribution >= 4 is 23.0 Å². The summed E-state index contributed by atoms with van der Waals surface area (Å²) in [5.74, 6) is 0.786. The molecule has 0 radical (unpaired) electrons. The Labute approximate surface area is 150 Å². The zero-order chi connectivity index (χ0) is 18.1. The highest BCUT2D eigenvalue weighted by molar-refractivity contribution is 5.91. The van der Waals surface area contributed by atoms with Gasteiger partial charge < -0.3 is 20.3 Å². The number of carbonyl (C=O) groups is 1. The quantitative estimate of drug-likeness (QED) is 0.724. The molecule has 2 N–H and O–H groups in total. The van der Waals surface area contributed by atoms with Gasteiger partial charge in [-0.2, -0.15) is 0 Å². The predicted octanol–water partition coefficient (Wildman–Crippen LogP) is 3.98. The van der Waals surface area contributed by atoms with Crippen LogP contribution in [0, 0.1) is 0 Å². The van der Waals surface area contributed by atoms with Crippen molar-refractivity contribution < 1.29 is 9.53 Å². The maximum absolute atomic E-state index is 12.1. The first-order valence-corrected chi connectivity index (χ1v) is 8.69. The summed E-state index contributed by atoms with van der Waals surface area (Å²) >= 11 is 0. The lowest BCUT2D eigenvalue weighted by Crippen LogP contribution is -2.21. The van der Waals surface area contributed by atoms with Gasteiger partial charge in [0, 0.05) is 49.2 Å². The Balaban J connectivity index is 1.79. The lowest BCUT2D eigenvalue weighted by molar-refractivity contribution is -0.115. The molecular weight excluding hydrogens is 314 g/mol. The van der Waals surface area contributed by atoms with Gasteiger partial charge in [0.25, 0.3) is 0 Å². The summed E-state index contributed by atoms with van der Waals surface area (Å²) in [7, 11) is 1.64. The Morgan fingerprint density at radius 3 is 2.40 bits per heavy atom. The molecule has 0 saturated heterocycles. The maximum Gasteiger partial charge on any atom is 0.226 e. The van der Waals surface area contributed by atoms with Gasteiger partial charge in [-0.25, -0.2) is 0 Å². The van der Waals surface area contributed by atoms with Crippen molar-refractivity contribution in [3.8, 4) is 5.75 Å². The SMILES string of the molecule is CCN(CC)c1ccc(NC(=O)CCNc2cccc(OC)c2)cc1. The van der Waals surface area contributed by atoms with Crippen LogP contribution in [0.25, 0.3) is 0 Å². The molecule has 5 nitrogen and oxygen atoms in total. The van der Waals surface area contributed by atoms with Crippen LogP contribution in [-0.4, -0.2) is 32.7 Å². The molecule has 0 fully saturated rings. The lowest BCUT2D eigenvalue weighted by Gasteiger charge is -2.21. The highest BCUT2D eigenvalue weighted by Crippen LogP contribution is 2.18. The highest BCUT2D eigenvalue weighted by atomic mass is 16.5. The van der Waals surface area contributed by atoms with Gasteiger partial charge >= 0.3 is 0 Å². The van der Waals surface area contributed by atoms with Crippen LogP contribution in [0.15, 0.2) is 48.5 Å². The molecule has 0 aliphatic rings. The molecule has 2 aromatic carbocycles. The second kappa shape index (κ2) is 9.57. The van der Waals surface area contributed by atoms with Crippen LogP contribution in [0.5, 0.6) is 5.75 Å². The number of hydrogen-bond acceptors (Lipinski definition) is 4. The summed E-state index contributed by atoms with van der Waals surface area (Å²) < 4.78 is 5.18. The molecule has 0 atom stereocenters. The van der Waals surface area contributed by atoms with Crippen molar-refractivity contribution in [2.45, 2.75) is 20.3 Å². The molecule has 0 saturated carbocycles. The highest BCUT2D eigenvalue weighted by Gasteiger charge is 2.05. The summed E-state index contributed by atoms with van der Waals surface area (Å²) in [5.41, 5.74) is 2.93. The second-order valence-electron chi connectivity index (χ2n) is 5.68. The van der Waals surface area contributed by atoms with E-state index in [0.717, 1.165) is 30.2 Å². The van der Waals surface area contributed by atoms with Crippen molar-refractivity contribution in [2.24, 2.45) is 0 Å². The topological polar surface area (TPSA) is 53.6 Å². The fourth-order valence-corrected chi connectivity index (χ4v) is 2.62. The van der Waals surface area contributed by atoms with E-state index in [0.29, 0.717) is 13.0 Å². The fraction of sp³-hybridized carbons (Fsp3) is 0.350. The minimum absolute atomic E-state index is 0.00835. The molecule has 134 valence electrons. The first kappa shape index (κ1) is 18.6. The number of hydrogen-bond donors (Lipinski definition) is 2. The third kappa shape index (κ3) is 5.71. The minimum Gasteiger partial charge on any atom is -0.497 e. The van der Waals surface area contributed by atoms with Crippen LogP contribution in [0.2, 0.25) is 0 Å². The third-order valence-electron chi connectivity index (χ3n) is 4.03. The Morgan fingerprint density at radius 2 is 1.76 bits per heavy atom. The van der Waals surface area contributed by atoms with Crippen molar-refractivity contribution in [1.29, 1.82) is 0 Å². The van der Waals surface area contributed by atoms with Crippen molar-refractivity contribution in [3.05, 3.63) is 48.5 Å². The lowest BCUT2D eigenvalue weighted by atomic mass is 10.2. The fourth-order valence-electron chi connectivity index (χ4n) is 2.62. The van der Waals surface area contributed by atoms with E-state index < -0.39 is 0 Å². The number of nitrogens with zero attached hydrogens (tertiary/aromatic N) is 1. The Bertz CT molecular complexity index is 667. The molecule has 0 spiro atoms. The largest absolute Gasteiger partial charge is 0.497 e. The van der Waals surface area contributed by atoms with Crippen LogP contribution < -0.4 is 20.3 Å². The number of rotatable bonds is 9. The smallest absolute Gasteiger partial charge is 0.226 e. The average molecular weight is 341 g/mol. The van der Waals surface area contributed by atoms with E-state index in [4.69, 9.17) is 4.74 Å². The van der Waals surface area contributed by atoms with Gasteiger partial charge in [-0.15, -0.1) is 0 Å². The van der Waals surface area contributed by atoms with Gasteiger partial charge in [-0.1, -0.05) is 6.07 Å². The Hall–Kier alpha value is -2.69. The van der Waals surface area contributed by atoms with Gasteiger partial charge in [-0.05, 0) is 50.2 Å². The first-order chi connectivity index (χ1) is 12.2. The maximum atomic E-state index is 12.1. The summed E-state index contributed by atoms with van der Waals surface area (Å²) in [4.78, 5) is 14.3. The van der Waals surface area contributed by atoms with Gasteiger partial charge in [0.05, 0.1) is 7.11 Å². The second-order valence-corrected chi connectivity index (χ2v) is 5.68. The van der Waals surface area contributed by atoms with E-state index in [1.807, 2.05) is 48.5 Å². The van der Waals surface area contributed by atoms with Gasteiger partial charge in [0.2, 0.25) is 5.91 Å². The number of methoxy groups -OCH3 is 1. The van der Waals surface area contributed by atoms with Gasteiger partial charge in [-0.3, -0.25) is 4.79 Å². The molecule has 0 unspecified atom stereocenters. The number of nitrogens with one attached hydrogen (secondary N) is 2. The predicted molar refractivity (Wildman–Crippen MR) is 105 cm³/mol. The summed E-state index contributed by atoms with van der Waals surface area (Å²) in [6.07, 6.45) is 0.398. The summed E-state index contributed by atoms with van der Waals surface area (Å²) in [6.45, 7) is 6.77. The van der Waals surface area contributed by atoms with Crippen LogP contribution in [0.4, 0.5) is 17.1 Å². The van der Waals surface area contributed by atoms with Gasteiger partial charge in [0.1, 0.15) is 5.75 Å². The zero-order valence-corrected chi connectivity index (χ0v) is 15.2. The van der Waals surface area contributed by atoms with E-state index in [1.165, 1.54) is 5.69 Å². The number of benzene rings is 2. The van der Waals surface area contributed by atoms with Crippen LogP contribution >= 0.6 is 0 Å². The van der Waals surface area contributed by atoms with Crippen LogP contribution in [0.1, 0.15) is 20.3 Å². The number of anilines is 3. The van der Waals surface area contributed by atoms with Crippen molar-refractivity contribution in [2.75, 3.05) is 42.3 Å². The molecule has 25 heavy (non-hydrogen) atoms. The van der Waals surface area contributed by atoms with E-state index in [2.05, 4.69) is 29.4 Å². The number of amides is 1. The van der Waals surface area contributed by atoms with Crippen molar-refractivity contribution in [1.82, 2.24) is 0 Å². The van der Waals surface area contributed by atoms with E-state index >= 15 is 0 Å². The molecule has 2 rings (SSSR count). The van der Waals surface area contributed by atoms with E-state index in [1.54, 1.807) is 7.11 Å². The van der Waals surface area contributed by atoms with E-state index in [9.17, 15) is 4.79 Å². The molecular formula is C20H27N3O2. The summed E-state index contributed by atoms with van der Waals surface area (Å²) in [5, 5.41) is 6.16. The Kier molecular flexibility index (Phi) is 7.14. The standard InChI is InChI=1S/C20H27N3O2/c1-4-23(5-2)18-11-9-16(10-12-18)22-20(24)13-14-21-17-7-6-8-19(15-17)25-3/h6-12,15,21H,4-5,13-14H2,1-3H3,(H,22,24). The molecule has 0 aliphatic carbocycles. The summed E-state index contributed by atoms with van der Waals surface area (Å²) in [6, 6.07) is 15.6. The average Bonchev–Trinajstić information content (AvgIpc) is 2.64. The van der Waals surface area contributed by atoms with Crippen LogP contribution in [0.3, 0.4) is 0 Å². The number of carbonyl (C=O) groups excluding carboxylic acids is 1. The molecule has 5 heteroatoms.